The second-order valence-electron chi connectivity index (χ2n) is 7.86. The van der Waals surface area contributed by atoms with E-state index in [0.29, 0.717) is 11.8 Å². The predicted molar refractivity (Wildman–Crippen MR) is 88.2 cm³/mol. The van der Waals surface area contributed by atoms with Gasteiger partial charge in [-0.3, -0.25) is 4.79 Å². The van der Waals surface area contributed by atoms with Crippen LogP contribution < -0.4 is 5.32 Å². The molecule has 1 aromatic rings. The highest BCUT2D eigenvalue weighted by molar-refractivity contribution is 5.80. The van der Waals surface area contributed by atoms with Crippen molar-refractivity contribution in [2.24, 2.45) is 23.7 Å². The highest BCUT2D eigenvalue weighted by atomic mass is 19.1. The van der Waals surface area contributed by atoms with Gasteiger partial charge < -0.3 is 5.32 Å². The number of hydrogen-bond acceptors (Lipinski definition) is 1. The van der Waals surface area contributed by atoms with Gasteiger partial charge in [-0.15, -0.1) is 0 Å². The Morgan fingerprint density at radius 1 is 1.04 bits per heavy atom. The van der Waals surface area contributed by atoms with Crippen molar-refractivity contribution in [2.75, 3.05) is 0 Å². The highest BCUT2D eigenvalue weighted by Gasteiger charge is 2.43. The number of benzene rings is 1. The number of nitrogens with one attached hydrogen (secondary N) is 1. The van der Waals surface area contributed by atoms with Crippen LogP contribution >= 0.6 is 0 Å². The predicted octanol–water partition coefficient (Wildman–Crippen LogP) is 4.61. The zero-order chi connectivity index (χ0) is 15.8. The van der Waals surface area contributed by atoms with Gasteiger partial charge in [-0.1, -0.05) is 31.4 Å². The molecule has 4 rings (SSSR count). The Kier molecular flexibility index (Phi) is 4.13. The molecule has 0 radical (unpaired) electrons. The molecule has 3 saturated carbocycles. The lowest BCUT2D eigenvalue weighted by molar-refractivity contribution is -0.127. The molecule has 2 nitrogen and oxygen atoms in total. The lowest BCUT2D eigenvalue weighted by atomic mass is 9.86. The molecule has 0 heterocycles. The number of carbonyl (C=O) groups is 1. The summed E-state index contributed by atoms with van der Waals surface area (Å²) in [6.07, 6.45) is 9.70. The van der Waals surface area contributed by atoms with Crippen molar-refractivity contribution in [3.05, 3.63) is 35.6 Å². The lowest BCUT2D eigenvalue weighted by Crippen LogP contribution is -2.38. The SMILES string of the molecule is O=C(NC(c1ccc(F)cc1)C1CCCC1)C1CC2CCC1C2. The van der Waals surface area contributed by atoms with Gasteiger partial charge in [0.1, 0.15) is 5.82 Å². The van der Waals surface area contributed by atoms with E-state index in [1.807, 2.05) is 12.1 Å². The van der Waals surface area contributed by atoms with Gasteiger partial charge in [0, 0.05) is 5.92 Å². The third kappa shape index (κ3) is 3.02. The first kappa shape index (κ1) is 15.2. The van der Waals surface area contributed by atoms with Gasteiger partial charge in [0.25, 0.3) is 0 Å². The van der Waals surface area contributed by atoms with E-state index >= 15 is 0 Å². The van der Waals surface area contributed by atoms with Crippen LogP contribution in [0, 0.1) is 29.5 Å². The average Bonchev–Trinajstić information content (AvgIpc) is 3.30. The van der Waals surface area contributed by atoms with E-state index in [9.17, 15) is 9.18 Å². The number of amides is 1. The van der Waals surface area contributed by atoms with Gasteiger partial charge in [0.15, 0.2) is 0 Å². The summed E-state index contributed by atoms with van der Waals surface area (Å²) < 4.78 is 13.3. The summed E-state index contributed by atoms with van der Waals surface area (Å²) in [4.78, 5) is 12.9. The molecule has 0 spiro atoms. The maximum absolute atomic E-state index is 13.3. The quantitative estimate of drug-likeness (QED) is 0.864. The monoisotopic (exact) mass is 315 g/mol. The average molecular weight is 315 g/mol. The smallest absolute Gasteiger partial charge is 0.223 e. The van der Waals surface area contributed by atoms with Crippen molar-refractivity contribution >= 4 is 5.91 Å². The molecule has 3 aliphatic carbocycles. The van der Waals surface area contributed by atoms with E-state index in [1.54, 1.807) is 0 Å². The third-order valence-electron chi connectivity index (χ3n) is 6.47. The van der Waals surface area contributed by atoms with Crippen LogP contribution in [0.4, 0.5) is 4.39 Å². The number of hydrogen-bond donors (Lipinski definition) is 1. The van der Waals surface area contributed by atoms with Gasteiger partial charge in [-0.05, 0) is 67.6 Å². The molecule has 0 saturated heterocycles. The van der Waals surface area contributed by atoms with Crippen molar-refractivity contribution < 1.29 is 9.18 Å². The Morgan fingerprint density at radius 2 is 1.78 bits per heavy atom. The number of rotatable bonds is 4. The Balaban J connectivity index is 1.51. The molecular formula is C20H26FNO. The number of halogens is 1. The van der Waals surface area contributed by atoms with E-state index < -0.39 is 0 Å². The van der Waals surface area contributed by atoms with E-state index in [1.165, 1.54) is 57.1 Å². The van der Waals surface area contributed by atoms with Gasteiger partial charge in [0.05, 0.1) is 6.04 Å². The van der Waals surface area contributed by atoms with Crippen LogP contribution in [0.2, 0.25) is 0 Å². The summed E-state index contributed by atoms with van der Waals surface area (Å²) in [5.41, 5.74) is 1.06. The second-order valence-corrected chi connectivity index (χ2v) is 7.86. The molecule has 1 amide bonds. The van der Waals surface area contributed by atoms with Crippen molar-refractivity contribution in [1.82, 2.24) is 5.32 Å². The zero-order valence-electron chi connectivity index (χ0n) is 13.6. The van der Waals surface area contributed by atoms with E-state index in [-0.39, 0.29) is 23.7 Å². The van der Waals surface area contributed by atoms with Gasteiger partial charge >= 0.3 is 0 Å². The molecule has 4 unspecified atom stereocenters. The molecule has 4 atom stereocenters. The minimum Gasteiger partial charge on any atom is -0.349 e. The van der Waals surface area contributed by atoms with E-state index in [2.05, 4.69) is 5.32 Å². The van der Waals surface area contributed by atoms with Crippen LogP contribution in [0.1, 0.15) is 63.0 Å². The normalized spacial score (nSPS) is 31.4. The van der Waals surface area contributed by atoms with Crippen LogP contribution in [-0.2, 0) is 4.79 Å². The van der Waals surface area contributed by atoms with Crippen molar-refractivity contribution in [3.8, 4) is 0 Å². The van der Waals surface area contributed by atoms with Crippen LogP contribution in [0.3, 0.4) is 0 Å². The van der Waals surface area contributed by atoms with E-state index in [4.69, 9.17) is 0 Å². The summed E-state index contributed by atoms with van der Waals surface area (Å²) in [6.45, 7) is 0. The van der Waals surface area contributed by atoms with E-state index in [0.717, 1.165) is 17.9 Å². The Labute approximate surface area is 137 Å². The van der Waals surface area contributed by atoms with Crippen molar-refractivity contribution in [1.29, 1.82) is 0 Å². The molecule has 1 aromatic carbocycles. The van der Waals surface area contributed by atoms with Crippen LogP contribution in [-0.4, -0.2) is 5.91 Å². The van der Waals surface area contributed by atoms with Gasteiger partial charge in [0.2, 0.25) is 5.91 Å². The summed E-state index contributed by atoms with van der Waals surface area (Å²) in [7, 11) is 0. The molecule has 23 heavy (non-hydrogen) atoms. The Morgan fingerprint density at radius 3 is 2.39 bits per heavy atom. The summed E-state index contributed by atoms with van der Waals surface area (Å²) in [5.74, 6) is 2.15. The number of fused-ring (bicyclic) bond motifs is 2. The molecule has 124 valence electrons. The van der Waals surface area contributed by atoms with Gasteiger partial charge in [-0.2, -0.15) is 0 Å². The largest absolute Gasteiger partial charge is 0.349 e. The zero-order valence-corrected chi connectivity index (χ0v) is 13.6. The first-order chi connectivity index (χ1) is 11.2. The Bertz CT molecular complexity index is 564. The first-order valence-corrected chi connectivity index (χ1v) is 9.26. The Hall–Kier alpha value is -1.38. The van der Waals surface area contributed by atoms with Crippen LogP contribution in [0.5, 0.6) is 0 Å². The standard InChI is InChI=1S/C20H26FNO/c21-17-9-7-15(8-10-17)19(14-3-1-2-4-14)22-20(23)18-12-13-5-6-16(18)11-13/h7-10,13-14,16,18-19H,1-6,11-12H2,(H,22,23). The molecule has 1 N–H and O–H groups in total. The minimum absolute atomic E-state index is 0.0599. The highest BCUT2D eigenvalue weighted by Crippen LogP contribution is 2.48. The summed E-state index contributed by atoms with van der Waals surface area (Å²) >= 11 is 0. The molecular weight excluding hydrogens is 289 g/mol. The fourth-order valence-electron chi connectivity index (χ4n) is 5.26. The van der Waals surface area contributed by atoms with Crippen molar-refractivity contribution in [3.63, 3.8) is 0 Å². The summed E-state index contributed by atoms with van der Waals surface area (Å²) in [5, 5.41) is 3.36. The number of carbonyl (C=O) groups excluding carboxylic acids is 1. The van der Waals surface area contributed by atoms with Crippen molar-refractivity contribution in [2.45, 2.75) is 57.4 Å². The first-order valence-electron chi connectivity index (χ1n) is 9.26. The maximum Gasteiger partial charge on any atom is 0.223 e. The molecule has 0 aliphatic heterocycles. The second kappa shape index (κ2) is 6.26. The maximum atomic E-state index is 13.3. The van der Waals surface area contributed by atoms with Crippen LogP contribution in [0.15, 0.2) is 24.3 Å². The molecule has 3 fully saturated rings. The lowest BCUT2D eigenvalue weighted by Gasteiger charge is -2.29. The molecule has 3 heteroatoms. The molecule has 3 aliphatic rings. The minimum atomic E-state index is -0.210. The third-order valence-corrected chi connectivity index (χ3v) is 6.47. The van der Waals surface area contributed by atoms with Gasteiger partial charge in [-0.25, -0.2) is 4.39 Å². The van der Waals surface area contributed by atoms with Crippen LogP contribution in [0.25, 0.3) is 0 Å². The summed E-state index contributed by atoms with van der Waals surface area (Å²) in [6, 6.07) is 6.78. The topological polar surface area (TPSA) is 29.1 Å². The molecule has 0 aromatic heterocycles. The fraction of sp³-hybridized carbons (Fsp3) is 0.650. The fourth-order valence-corrected chi connectivity index (χ4v) is 5.26. The molecule has 2 bridgehead atoms.